The van der Waals surface area contributed by atoms with Crippen molar-refractivity contribution in [1.82, 2.24) is 0 Å². The van der Waals surface area contributed by atoms with Crippen molar-refractivity contribution >= 4 is 5.97 Å². The van der Waals surface area contributed by atoms with Crippen molar-refractivity contribution in [2.45, 2.75) is 126 Å². The Morgan fingerprint density at radius 2 is 1.64 bits per heavy atom. The molecule has 224 valence electrons. The highest BCUT2D eigenvalue weighted by atomic mass is 16.7. The van der Waals surface area contributed by atoms with E-state index in [4.69, 9.17) is 33.2 Å². The SMILES string of the molecule is CC1O[C@@H](OC2[C@H](C)CCC[C@H]2O[C@@H]2OC(CO)[C@H](O)C3O[C@H]4C(=O)OC[C@@H]4CCCOC32)[C@@H](O)C(O)[C@@H]1O. The van der Waals surface area contributed by atoms with E-state index in [0.29, 0.717) is 25.9 Å². The molecule has 5 fully saturated rings. The first-order chi connectivity index (χ1) is 18.7. The highest BCUT2D eigenvalue weighted by Gasteiger charge is 2.53. The summed E-state index contributed by atoms with van der Waals surface area (Å²) in [5.74, 6) is -0.652. The number of fused-ring (bicyclic) bond motifs is 2. The summed E-state index contributed by atoms with van der Waals surface area (Å²) in [7, 11) is 0. The van der Waals surface area contributed by atoms with E-state index in [1.165, 1.54) is 0 Å². The van der Waals surface area contributed by atoms with Crippen molar-refractivity contribution in [3.05, 3.63) is 0 Å². The average molecular weight is 563 g/mol. The number of ether oxygens (including phenoxy) is 7. The van der Waals surface area contributed by atoms with Gasteiger partial charge < -0.3 is 58.7 Å². The molecule has 6 unspecified atom stereocenters. The second-order valence-electron chi connectivity index (χ2n) is 11.5. The van der Waals surface area contributed by atoms with Crippen molar-refractivity contribution in [1.29, 1.82) is 0 Å². The van der Waals surface area contributed by atoms with Crippen LogP contribution in [0.15, 0.2) is 0 Å². The lowest BCUT2D eigenvalue weighted by atomic mass is 9.85. The monoisotopic (exact) mass is 562 g/mol. The molecule has 0 radical (unpaired) electrons. The molecule has 0 spiro atoms. The van der Waals surface area contributed by atoms with E-state index in [1.54, 1.807) is 6.92 Å². The van der Waals surface area contributed by atoms with Crippen LogP contribution in [-0.2, 0) is 38.0 Å². The van der Waals surface area contributed by atoms with Gasteiger partial charge in [-0.25, -0.2) is 4.79 Å². The first-order valence-corrected chi connectivity index (χ1v) is 14.1. The summed E-state index contributed by atoms with van der Waals surface area (Å²) in [6.07, 6.45) is -9.80. The first kappa shape index (κ1) is 29.5. The zero-order valence-corrected chi connectivity index (χ0v) is 22.3. The van der Waals surface area contributed by atoms with E-state index in [-0.39, 0.29) is 18.4 Å². The number of carbonyl (C=O) groups excluding carboxylic acids is 1. The highest BCUT2D eigenvalue weighted by molar-refractivity contribution is 5.77. The number of carbonyl (C=O) groups is 1. The topological polar surface area (TPSA) is 183 Å². The normalized spacial score (nSPS) is 51.2. The van der Waals surface area contributed by atoms with Crippen LogP contribution in [0.4, 0.5) is 0 Å². The van der Waals surface area contributed by atoms with Gasteiger partial charge in [0, 0.05) is 12.5 Å². The van der Waals surface area contributed by atoms with Gasteiger partial charge in [0.1, 0.15) is 42.7 Å². The molecule has 0 aromatic carbocycles. The molecular formula is C26H42O13. The van der Waals surface area contributed by atoms with Crippen LogP contribution in [0.1, 0.15) is 46.0 Å². The number of rotatable bonds is 5. The molecule has 0 bridgehead atoms. The molecule has 39 heavy (non-hydrogen) atoms. The van der Waals surface area contributed by atoms with Crippen LogP contribution in [0.2, 0.25) is 0 Å². The van der Waals surface area contributed by atoms with Gasteiger partial charge in [-0.15, -0.1) is 0 Å². The van der Waals surface area contributed by atoms with Gasteiger partial charge >= 0.3 is 5.97 Å². The zero-order chi connectivity index (χ0) is 27.8. The minimum absolute atomic E-state index is 0.0100. The van der Waals surface area contributed by atoms with Crippen LogP contribution in [0.25, 0.3) is 0 Å². The van der Waals surface area contributed by atoms with Crippen LogP contribution in [-0.4, -0.2) is 131 Å². The maximum absolute atomic E-state index is 12.4. The van der Waals surface area contributed by atoms with Crippen LogP contribution < -0.4 is 0 Å². The van der Waals surface area contributed by atoms with Crippen LogP contribution >= 0.6 is 0 Å². The summed E-state index contributed by atoms with van der Waals surface area (Å²) in [4.78, 5) is 12.4. The van der Waals surface area contributed by atoms with E-state index < -0.39 is 92.3 Å². The molecule has 13 heteroatoms. The third-order valence-corrected chi connectivity index (χ3v) is 8.72. The molecule has 4 heterocycles. The van der Waals surface area contributed by atoms with Gasteiger partial charge in [0.2, 0.25) is 0 Å². The van der Waals surface area contributed by atoms with E-state index in [1.807, 2.05) is 6.92 Å². The Kier molecular flexibility index (Phi) is 9.46. The van der Waals surface area contributed by atoms with Crippen molar-refractivity contribution in [2.75, 3.05) is 19.8 Å². The summed E-state index contributed by atoms with van der Waals surface area (Å²) < 4.78 is 41.8. The van der Waals surface area contributed by atoms with Crippen LogP contribution in [0.3, 0.4) is 0 Å². The quantitative estimate of drug-likeness (QED) is 0.247. The minimum atomic E-state index is -1.46. The fraction of sp³-hybridized carbons (Fsp3) is 0.962. The van der Waals surface area contributed by atoms with Gasteiger partial charge in [-0.2, -0.15) is 0 Å². The third kappa shape index (κ3) is 6.00. The smallest absolute Gasteiger partial charge is 0.335 e. The number of esters is 1. The summed E-state index contributed by atoms with van der Waals surface area (Å²) in [6, 6.07) is 0. The molecule has 13 nitrogen and oxygen atoms in total. The van der Waals surface area contributed by atoms with Gasteiger partial charge in [0.05, 0.1) is 31.5 Å². The number of aliphatic hydroxyl groups excluding tert-OH is 5. The van der Waals surface area contributed by atoms with Crippen LogP contribution in [0.5, 0.6) is 0 Å². The summed E-state index contributed by atoms with van der Waals surface area (Å²) >= 11 is 0. The molecule has 1 aliphatic carbocycles. The molecule has 0 amide bonds. The Balaban J connectivity index is 1.35. The highest BCUT2D eigenvalue weighted by Crippen LogP contribution is 2.37. The molecule has 5 aliphatic rings. The summed E-state index contributed by atoms with van der Waals surface area (Å²) in [5.41, 5.74) is 0. The van der Waals surface area contributed by atoms with Gasteiger partial charge in [-0.3, -0.25) is 0 Å². The number of cyclic esters (lactones) is 1. The molecule has 5 N–H and O–H groups in total. The van der Waals surface area contributed by atoms with Gasteiger partial charge in [0.25, 0.3) is 0 Å². The third-order valence-electron chi connectivity index (χ3n) is 8.72. The second-order valence-corrected chi connectivity index (χ2v) is 11.5. The molecular weight excluding hydrogens is 520 g/mol. The fourth-order valence-corrected chi connectivity index (χ4v) is 6.33. The van der Waals surface area contributed by atoms with E-state index in [9.17, 15) is 30.3 Å². The second kappa shape index (κ2) is 12.5. The first-order valence-electron chi connectivity index (χ1n) is 14.1. The predicted molar refractivity (Wildman–Crippen MR) is 129 cm³/mol. The zero-order valence-electron chi connectivity index (χ0n) is 22.3. The molecule has 1 saturated carbocycles. The fourth-order valence-electron chi connectivity index (χ4n) is 6.33. The lowest BCUT2D eigenvalue weighted by Crippen LogP contribution is -2.63. The molecule has 4 aliphatic heterocycles. The minimum Gasteiger partial charge on any atom is -0.463 e. The lowest BCUT2D eigenvalue weighted by molar-refractivity contribution is -0.352. The van der Waals surface area contributed by atoms with Crippen LogP contribution in [0, 0.1) is 11.8 Å². The Morgan fingerprint density at radius 3 is 2.41 bits per heavy atom. The molecule has 5 rings (SSSR count). The standard InChI is InChI=1S/C26H42O13/c1-11-5-3-7-14(20(11)39-25-19(31)18(30)16(28)12(2)35-25)36-26-23-22(17(29)15(9-27)37-26)38-21-13(6-4-8-33-23)10-34-24(21)32/h11-23,25-31H,3-10H2,1-2H3/t11-,12?,13+,14-,15?,16-,17+,18?,19+,20?,21-,22?,23?,25+,26-/m1/s1. The van der Waals surface area contributed by atoms with Gasteiger partial charge in [-0.05, 0) is 38.5 Å². The van der Waals surface area contributed by atoms with Gasteiger partial charge in [-0.1, -0.05) is 13.3 Å². The van der Waals surface area contributed by atoms with Gasteiger partial charge in [0.15, 0.2) is 18.7 Å². The molecule has 0 aromatic heterocycles. The molecule has 0 aromatic rings. The Labute approximate surface area is 227 Å². The Bertz CT molecular complexity index is 830. The summed E-state index contributed by atoms with van der Waals surface area (Å²) in [6.45, 7) is 3.63. The lowest BCUT2D eigenvalue weighted by Gasteiger charge is -2.47. The predicted octanol–water partition coefficient (Wildman–Crippen LogP) is -1.41. The maximum atomic E-state index is 12.4. The van der Waals surface area contributed by atoms with E-state index >= 15 is 0 Å². The van der Waals surface area contributed by atoms with E-state index in [0.717, 1.165) is 12.8 Å². The summed E-state index contributed by atoms with van der Waals surface area (Å²) in [5, 5.41) is 51.8. The van der Waals surface area contributed by atoms with Crippen molar-refractivity contribution < 1.29 is 63.5 Å². The van der Waals surface area contributed by atoms with E-state index in [2.05, 4.69) is 0 Å². The molecule has 4 saturated heterocycles. The molecule has 15 atom stereocenters. The largest absolute Gasteiger partial charge is 0.463 e. The number of hydrogen-bond acceptors (Lipinski definition) is 13. The van der Waals surface area contributed by atoms with Crippen molar-refractivity contribution in [2.24, 2.45) is 11.8 Å². The van der Waals surface area contributed by atoms with Crippen molar-refractivity contribution in [3.63, 3.8) is 0 Å². The Morgan fingerprint density at radius 1 is 0.846 bits per heavy atom. The number of hydrogen-bond donors (Lipinski definition) is 5. The maximum Gasteiger partial charge on any atom is 0.335 e. The Hall–Kier alpha value is -0.970. The van der Waals surface area contributed by atoms with Crippen molar-refractivity contribution in [3.8, 4) is 0 Å². The average Bonchev–Trinajstić information content (AvgIpc) is 3.30. The number of aliphatic hydroxyl groups is 5.